The van der Waals surface area contributed by atoms with Crippen LogP contribution in [0.25, 0.3) is 0 Å². The number of aliphatic hydroxyl groups excluding tert-OH is 1. The van der Waals surface area contributed by atoms with E-state index in [4.69, 9.17) is 0 Å². The molecule has 1 aromatic rings. The molecular formula is C19H30N2O3. The van der Waals surface area contributed by atoms with E-state index in [0.29, 0.717) is 18.7 Å². The Balaban J connectivity index is 2.47. The van der Waals surface area contributed by atoms with Gasteiger partial charge in [-0.1, -0.05) is 39.3 Å². The van der Waals surface area contributed by atoms with Gasteiger partial charge in [0.15, 0.2) is 0 Å². The van der Waals surface area contributed by atoms with Crippen molar-refractivity contribution in [2.75, 3.05) is 11.9 Å². The molecule has 0 saturated heterocycles. The van der Waals surface area contributed by atoms with Crippen molar-refractivity contribution in [3.05, 3.63) is 29.8 Å². The summed E-state index contributed by atoms with van der Waals surface area (Å²) in [7, 11) is 0. The Morgan fingerprint density at radius 2 is 1.79 bits per heavy atom. The summed E-state index contributed by atoms with van der Waals surface area (Å²) < 4.78 is 0. The van der Waals surface area contributed by atoms with Gasteiger partial charge in [0.1, 0.15) is 0 Å². The SMILES string of the molecule is CCCCc1ccc(NC(=O)C(=O)NCC(C)(C)CC(C)O)cc1. The summed E-state index contributed by atoms with van der Waals surface area (Å²) >= 11 is 0. The fourth-order valence-corrected chi connectivity index (χ4v) is 2.60. The van der Waals surface area contributed by atoms with Crippen molar-refractivity contribution in [2.45, 2.75) is 59.5 Å². The lowest BCUT2D eigenvalue weighted by molar-refractivity contribution is -0.136. The zero-order chi connectivity index (χ0) is 18.2. The molecule has 0 spiro atoms. The molecule has 0 aliphatic rings. The van der Waals surface area contributed by atoms with Crippen molar-refractivity contribution in [3.8, 4) is 0 Å². The number of anilines is 1. The number of unbranched alkanes of at least 4 members (excludes halogenated alkanes) is 1. The summed E-state index contributed by atoms with van der Waals surface area (Å²) in [5, 5.41) is 14.7. The zero-order valence-electron chi connectivity index (χ0n) is 15.2. The van der Waals surface area contributed by atoms with Crippen LogP contribution in [-0.4, -0.2) is 29.6 Å². The van der Waals surface area contributed by atoms with E-state index in [1.165, 1.54) is 5.56 Å². The van der Waals surface area contributed by atoms with Crippen LogP contribution >= 0.6 is 0 Å². The lowest BCUT2D eigenvalue weighted by Crippen LogP contribution is -2.41. The van der Waals surface area contributed by atoms with Crippen molar-refractivity contribution in [1.29, 1.82) is 0 Å². The average molecular weight is 334 g/mol. The fraction of sp³-hybridized carbons (Fsp3) is 0.579. The largest absolute Gasteiger partial charge is 0.393 e. The van der Waals surface area contributed by atoms with Crippen molar-refractivity contribution < 1.29 is 14.7 Å². The standard InChI is InChI=1S/C19H30N2O3/c1-5-6-7-15-8-10-16(11-9-15)21-18(24)17(23)20-13-19(3,4)12-14(2)22/h8-11,14,22H,5-7,12-13H2,1-4H3,(H,20,23)(H,21,24). The van der Waals surface area contributed by atoms with Gasteiger partial charge in [0, 0.05) is 12.2 Å². The third kappa shape index (κ3) is 7.59. The van der Waals surface area contributed by atoms with Crippen LogP contribution < -0.4 is 10.6 Å². The number of carbonyl (C=O) groups is 2. The maximum absolute atomic E-state index is 11.9. The van der Waals surface area contributed by atoms with Crippen molar-refractivity contribution in [3.63, 3.8) is 0 Å². The van der Waals surface area contributed by atoms with Gasteiger partial charge in [-0.3, -0.25) is 9.59 Å². The first kappa shape index (κ1) is 20.2. The first-order chi connectivity index (χ1) is 11.2. The van der Waals surface area contributed by atoms with E-state index >= 15 is 0 Å². The van der Waals surface area contributed by atoms with Crippen LogP contribution in [0.5, 0.6) is 0 Å². The Morgan fingerprint density at radius 1 is 1.17 bits per heavy atom. The number of carbonyl (C=O) groups excluding carboxylic acids is 2. The Kier molecular flexibility index (Phi) is 7.92. The van der Waals surface area contributed by atoms with E-state index in [2.05, 4.69) is 17.6 Å². The first-order valence-electron chi connectivity index (χ1n) is 8.59. The third-order valence-corrected chi connectivity index (χ3v) is 3.81. The minimum Gasteiger partial charge on any atom is -0.393 e. The number of amides is 2. The van der Waals surface area contributed by atoms with E-state index < -0.39 is 17.9 Å². The van der Waals surface area contributed by atoms with E-state index in [1.807, 2.05) is 38.1 Å². The normalized spacial score (nSPS) is 12.5. The maximum atomic E-state index is 11.9. The predicted molar refractivity (Wildman–Crippen MR) is 96.8 cm³/mol. The number of nitrogens with one attached hydrogen (secondary N) is 2. The third-order valence-electron chi connectivity index (χ3n) is 3.81. The van der Waals surface area contributed by atoms with Gasteiger partial charge >= 0.3 is 11.8 Å². The molecule has 0 aliphatic heterocycles. The minimum absolute atomic E-state index is 0.273. The van der Waals surface area contributed by atoms with Crippen molar-refractivity contribution in [2.24, 2.45) is 5.41 Å². The highest BCUT2D eigenvalue weighted by Gasteiger charge is 2.23. The van der Waals surface area contributed by atoms with E-state index in [1.54, 1.807) is 6.92 Å². The molecule has 1 rings (SSSR count). The average Bonchev–Trinajstić information content (AvgIpc) is 2.50. The van der Waals surface area contributed by atoms with Crippen LogP contribution in [0.1, 0.15) is 52.5 Å². The Hall–Kier alpha value is -1.88. The molecule has 0 bridgehead atoms. The molecule has 0 radical (unpaired) electrons. The summed E-state index contributed by atoms with van der Waals surface area (Å²) in [6, 6.07) is 7.56. The molecule has 0 aromatic heterocycles. The maximum Gasteiger partial charge on any atom is 0.313 e. The highest BCUT2D eigenvalue weighted by atomic mass is 16.3. The number of rotatable bonds is 8. The van der Waals surface area contributed by atoms with Gasteiger partial charge in [0.2, 0.25) is 0 Å². The van der Waals surface area contributed by atoms with Gasteiger partial charge in [-0.2, -0.15) is 0 Å². The highest BCUT2D eigenvalue weighted by Crippen LogP contribution is 2.21. The van der Waals surface area contributed by atoms with Gasteiger partial charge in [-0.15, -0.1) is 0 Å². The molecule has 3 N–H and O–H groups in total. The second kappa shape index (κ2) is 9.42. The number of hydrogen-bond acceptors (Lipinski definition) is 3. The molecule has 5 nitrogen and oxygen atoms in total. The van der Waals surface area contributed by atoms with E-state index in [-0.39, 0.29) is 5.41 Å². The number of benzene rings is 1. The topological polar surface area (TPSA) is 78.4 Å². The Bertz CT molecular complexity index is 536. The van der Waals surface area contributed by atoms with Crippen LogP contribution in [0, 0.1) is 5.41 Å². The van der Waals surface area contributed by atoms with Gasteiger partial charge in [0.05, 0.1) is 6.10 Å². The molecule has 1 atom stereocenters. The molecule has 0 saturated carbocycles. The molecule has 1 aromatic carbocycles. The van der Waals surface area contributed by atoms with E-state index in [0.717, 1.165) is 19.3 Å². The smallest absolute Gasteiger partial charge is 0.313 e. The second-order valence-electron chi connectivity index (χ2n) is 7.15. The van der Waals surface area contributed by atoms with E-state index in [9.17, 15) is 14.7 Å². The van der Waals surface area contributed by atoms with Crippen molar-refractivity contribution in [1.82, 2.24) is 5.32 Å². The molecule has 0 aliphatic carbocycles. The molecule has 24 heavy (non-hydrogen) atoms. The summed E-state index contributed by atoms with van der Waals surface area (Å²) in [5.74, 6) is -1.34. The summed E-state index contributed by atoms with van der Waals surface area (Å²) in [6.45, 7) is 8.07. The molecule has 134 valence electrons. The molecule has 5 heteroatoms. The Morgan fingerprint density at radius 3 is 2.33 bits per heavy atom. The lowest BCUT2D eigenvalue weighted by Gasteiger charge is -2.26. The van der Waals surface area contributed by atoms with Crippen LogP contribution in [0.4, 0.5) is 5.69 Å². The molecule has 0 fully saturated rings. The summed E-state index contributed by atoms with van der Waals surface area (Å²) in [4.78, 5) is 23.8. The summed E-state index contributed by atoms with van der Waals surface area (Å²) in [6.07, 6.45) is 3.40. The van der Waals surface area contributed by atoms with Gasteiger partial charge in [-0.05, 0) is 49.3 Å². The van der Waals surface area contributed by atoms with Crippen LogP contribution in [0.15, 0.2) is 24.3 Å². The minimum atomic E-state index is -0.677. The van der Waals surface area contributed by atoms with Crippen LogP contribution in [-0.2, 0) is 16.0 Å². The van der Waals surface area contributed by atoms with Gasteiger partial charge in [0.25, 0.3) is 0 Å². The highest BCUT2D eigenvalue weighted by molar-refractivity contribution is 6.39. The number of hydrogen-bond donors (Lipinski definition) is 3. The predicted octanol–water partition coefficient (Wildman–Crippen LogP) is 2.88. The Labute approximate surface area is 144 Å². The lowest BCUT2D eigenvalue weighted by atomic mass is 9.87. The first-order valence-corrected chi connectivity index (χ1v) is 8.59. The quantitative estimate of drug-likeness (QED) is 0.640. The van der Waals surface area contributed by atoms with Gasteiger partial charge in [-0.25, -0.2) is 0 Å². The molecule has 0 heterocycles. The summed E-state index contributed by atoms with van der Waals surface area (Å²) in [5.41, 5.74) is 1.56. The number of aliphatic hydroxyl groups is 1. The van der Waals surface area contributed by atoms with Crippen LogP contribution in [0.2, 0.25) is 0 Å². The zero-order valence-corrected chi connectivity index (χ0v) is 15.2. The molecule has 1 unspecified atom stereocenters. The number of aryl methyl sites for hydroxylation is 1. The monoisotopic (exact) mass is 334 g/mol. The molecular weight excluding hydrogens is 304 g/mol. The molecule has 2 amide bonds. The fourth-order valence-electron chi connectivity index (χ4n) is 2.60. The van der Waals surface area contributed by atoms with Crippen LogP contribution in [0.3, 0.4) is 0 Å². The second-order valence-corrected chi connectivity index (χ2v) is 7.15. The van der Waals surface area contributed by atoms with Gasteiger partial charge < -0.3 is 15.7 Å². The van der Waals surface area contributed by atoms with Crippen molar-refractivity contribution >= 4 is 17.5 Å².